The second-order valence-electron chi connectivity index (χ2n) is 6.57. The molecule has 148 valence electrons. The van der Waals surface area contributed by atoms with Crippen LogP contribution >= 0.6 is 0 Å². The lowest BCUT2D eigenvalue weighted by atomic mass is 10.2. The minimum absolute atomic E-state index is 0.0721. The first-order valence-electron chi connectivity index (χ1n) is 9.36. The standard InChI is InChI=1S/C21H27N5O2/c1-22-21(25-14-17-4-3-5-19(12-17)28-2)24-13-16-6-8-18(9-7-16)26-11-10-23-20(27)15-26/h3-9,12H,10-11,13-15H2,1-2H3,(H,23,27)(H2,22,24,25). The minimum atomic E-state index is 0.0721. The number of rotatable bonds is 6. The van der Waals surface area contributed by atoms with Gasteiger partial charge in [-0.25, -0.2) is 0 Å². The van der Waals surface area contributed by atoms with Gasteiger partial charge in [0, 0.05) is 38.9 Å². The summed E-state index contributed by atoms with van der Waals surface area (Å²) in [5.41, 5.74) is 3.34. The van der Waals surface area contributed by atoms with E-state index in [0.29, 0.717) is 26.2 Å². The van der Waals surface area contributed by atoms with E-state index in [9.17, 15) is 4.79 Å². The van der Waals surface area contributed by atoms with Gasteiger partial charge in [-0.1, -0.05) is 24.3 Å². The van der Waals surface area contributed by atoms with Gasteiger partial charge in [-0.2, -0.15) is 0 Å². The van der Waals surface area contributed by atoms with Crippen LogP contribution in [0.15, 0.2) is 53.5 Å². The number of nitrogens with one attached hydrogen (secondary N) is 3. The van der Waals surface area contributed by atoms with E-state index in [1.54, 1.807) is 14.2 Å². The van der Waals surface area contributed by atoms with E-state index in [4.69, 9.17) is 4.74 Å². The number of carbonyl (C=O) groups is 1. The van der Waals surface area contributed by atoms with Gasteiger partial charge in [0.25, 0.3) is 0 Å². The number of hydrogen-bond acceptors (Lipinski definition) is 4. The van der Waals surface area contributed by atoms with Crippen molar-refractivity contribution < 1.29 is 9.53 Å². The Balaban J connectivity index is 1.50. The van der Waals surface area contributed by atoms with Gasteiger partial charge in [0.15, 0.2) is 5.96 Å². The Kier molecular flexibility index (Phi) is 6.73. The highest BCUT2D eigenvalue weighted by atomic mass is 16.5. The predicted octanol–water partition coefficient (Wildman–Crippen LogP) is 1.50. The molecule has 0 aliphatic carbocycles. The van der Waals surface area contributed by atoms with Gasteiger partial charge in [-0.3, -0.25) is 9.79 Å². The topological polar surface area (TPSA) is 78.0 Å². The Morgan fingerprint density at radius 1 is 1.14 bits per heavy atom. The van der Waals surface area contributed by atoms with Crippen LogP contribution in [0.25, 0.3) is 0 Å². The molecule has 3 N–H and O–H groups in total. The molecule has 7 nitrogen and oxygen atoms in total. The summed E-state index contributed by atoms with van der Waals surface area (Å²) in [7, 11) is 3.42. The summed E-state index contributed by atoms with van der Waals surface area (Å²) in [6.07, 6.45) is 0. The molecule has 1 heterocycles. The number of nitrogens with zero attached hydrogens (tertiary/aromatic N) is 2. The zero-order chi connectivity index (χ0) is 19.8. The summed E-state index contributed by atoms with van der Waals surface area (Å²) < 4.78 is 5.25. The molecule has 2 aromatic rings. The van der Waals surface area contributed by atoms with E-state index in [0.717, 1.165) is 35.1 Å². The SMILES string of the molecule is CN=C(NCc1ccc(N2CCNC(=O)C2)cc1)NCc1cccc(OC)c1. The zero-order valence-corrected chi connectivity index (χ0v) is 16.4. The fourth-order valence-corrected chi connectivity index (χ4v) is 3.06. The van der Waals surface area contributed by atoms with E-state index in [1.165, 1.54) is 0 Å². The summed E-state index contributed by atoms with van der Waals surface area (Å²) in [6, 6.07) is 16.2. The molecule has 1 amide bonds. The van der Waals surface area contributed by atoms with E-state index in [1.807, 2.05) is 24.3 Å². The third kappa shape index (κ3) is 5.39. The maximum absolute atomic E-state index is 11.5. The fourth-order valence-electron chi connectivity index (χ4n) is 3.06. The smallest absolute Gasteiger partial charge is 0.239 e. The number of anilines is 1. The Morgan fingerprint density at radius 2 is 1.89 bits per heavy atom. The maximum Gasteiger partial charge on any atom is 0.239 e. The Labute approximate surface area is 165 Å². The molecule has 28 heavy (non-hydrogen) atoms. The number of aliphatic imine (C=N–C) groups is 1. The van der Waals surface area contributed by atoms with Crippen molar-refractivity contribution in [2.45, 2.75) is 13.1 Å². The zero-order valence-electron chi connectivity index (χ0n) is 16.4. The molecule has 1 saturated heterocycles. The van der Waals surface area contributed by atoms with Crippen molar-refractivity contribution in [3.05, 3.63) is 59.7 Å². The van der Waals surface area contributed by atoms with Crippen LogP contribution in [0, 0.1) is 0 Å². The molecular weight excluding hydrogens is 354 g/mol. The molecule has 7 heteroatoms. The second-order valence-corrected chi connectivity index (χ2v) is 6.57. The quantitative estimate of drug-likeness (QED) is 0.522. The Bertz CT molecular complexity index is 820. The van der Waals surface area contributed by atoms with Crippen LogP contribution in [0.3, 0.4) is 0 Å². The van der Waals surface area contributed by atoms with Crippen LogP contribution in [0.1, 0.15) is 11.1 Å². The number of methoxy groups -OCH3 is 1. The second kappa shape index (κ2) is 9.64. The highest BCUT2D eigenvalue weighted by Crippen LogP contribution is 2.16. The lowest BCUT2D eigenvalue weighted by molar-refractivity contribution is -0.120. The highest BCUT2D eigenvalue weighted by Gasteiger charge is 2.16. The normalized spacial score (nSPS) is 14.4. The molecule has 0 bridgehead atoms. The number of carbonyl (C=O) groups excluding carboxylic acids is 1. The third-order valence-electron chi connectivity index (χ3n) is 4.62. The molecule has 0 spiro atoms. The summed E-state index contributed by atoms with van der Waals surface area (Å²) >= 11 is 0. The first-order chi connectivity index (χ1) is 13.7. The van der Waals surface area contributed by atoms with Crippen molar-refractivity contribution in [1.82, 2.24) is 16.0 Å². The van der Waals surface area contributed by atoms with Crippen molar-refractivity contribution in [3.8, 4) is 5.75 Å². The van der Waals surface area contributed by atoms with Gasteiger partial charge in [0.2, 0.25) is 5.91 Å². The first-order valence-corrected chi connectivity index (χ1v) is 9.36. The molecule has 0 aromatic heterocycles. The molecule has 1 fully saturated rings. The first kappa shape index (κ1) is 19.5. The number of ether oxygens (including phenoxy) is 1. The average Bonchev–Trinajstić information content (AvgIpc) is 2.74. The van der Waals surface area contributed by atoms with E-state index in [2.05, 4.69) is 50.1 Å². The van der Waals surface area contributed by atoms with Crippen molar-refractivity contribution in [1.29, 1.82) is 0 Å². The van der Waals surface area contributed by atoms with Gasteiger partial charge in [0.1, 0.15) is 5.75 Å². The van der Waals surface area contributed by atoms with Gasteiger partial charge in [-0.05, 0) is 35.4 Å². The van der Waals surface area contributed by atoms with Gasteiger partial charge in [-0.15, -0.1) is 0 Å². The van der Waals surface area contributed by atoms with Gasteiger partial charge >= 0.3 is 0 Å². The van der Waals surface area contributed by atoms with Crippen LogP contribution in [0.4, 0.5) is 5.69 Å². The maximum atomic E-state index is 11.5. The number of guanidine groups is 1. The monoisotopic (exact) mass is 381 g/mol. The van der Waals surface area contributed by atoms with E-state index < -0.39 is 0 Å². The van der Waals surface area contributed by atoms with Crippen LogP contribution in [-0.4, -0.2) is 45.7 Å². The molecule has 0 saturated carbocycles. The molecule has 0 unspecified atom stereocenters. The highest BCUT2D eigenvalue weighted by molar-refractivity contribution is 5.82. The van der Waals surface area contributed by atoms with E-state index >= 15 is 0 Å². The summed E-state index contributed by atoms with van der Waals surface area (Å²) in [5.74, 6) is 1.65. The fraction of sp³-hybridized carbons (Fsp3) is 0.333. The Morgan fingerprint density at radius 3 is 2.57 bits per heavy atom. The van der Waals surface area contributed by atoms with Crippen LogP contribution < -0.4 is 25.6 Å². The molecule has 1 aliphatic rings. The molecular formula is C21H27N5O2. The van der Waals surface area contributed by atoms with Gasteiger partial charge in [0.05, 0.1) is 13.7 Å². The molecule has 3 rings (SSSR count). The molecule has 0 radical (unpaired) electrons. The lowest BCUT2D eigenvalue weighted by Crippen LogP contribution is -2.47. The number of piperazine rings is 1. The summed E-state index contributed by atoms with van der Waals surface area (Å²) in [5, 5.41) is 9.47. The summed E-state index contributed by atoms with van der Waals surface area (Å²) in [4.78, 5) is 17.9. The predicted molar refractivity (Wildman–Crippen MR) is 112 cm³/mol. The molecule has 0 atom stereocenters. The minimum Gasteiger partial charge on any atom is -0.497 e. The van der Waals surface area contributed by atoms with Crippen LogP contribution in [0.2, 0.25) is 0 Å². The van der Waals surface area contributed by atoms with E-state index in [-0.39, 0.29) is 5.91 Å². The van der Waals surface area contributed by atoms with Crippen LogP contribution in [-0.2, 0) is 17.9 Å². The number of amides is 1. The number of benzene rings is 2. The van der Waals surface area contributed by atoms with Crippen molar-refractivity contribution in [3.63, 3.8) is 0 Å². The number of hydrogen-bond donors (Lipinski definition) is 3. The van der Waals surface area contributed by atoms with Gasteiger partial charge < -0.3 is 25.6 Å². The average molecular weight is 381 g/mol. The Hall–Kier alpha value is -3.22. The molecule has 1 aliphatic heterocycles. The molecule has 2 aromatic carbocycles. The largest absolute Gasteiger partial charge is 0.497 e. The van der Waals surface area contributed by atoms with Crippen LogP contribution in [0.5, 0.6) is 5.75 Å². The van der Waals surface area contributed by atoms with Crippen molar-refractivity contribution in [2.24, 2.45) is 4.99 Å². The van der Waals surface area contributed by atoms with Crippen molar-refractivity contribution >= 4 is 17.6 Å². The van der Waals surface area contributed by atoms with Crippen molar-refractivity contribution in [2.75, 3.05) is 38.7 Å². The summed E-state index contributed by atoms with van der Waals surface area (Å²) in [6.45, 7) is 3.27. The lowest BCUT2D eigenvalue weighted by Gasteiger charge is -2.28. The third-order valence-corrected chi connectivity index (χ3v) is 4.62.